The van der Waals surface area contributed by atoms with E-state index in [1.54, 1.807) is 31.3 Å². The van der Waals surface area contributed by atoms with Crippen molar-refractivity contribution >= 4 is 40.1 Å². The maximum atomic E-state index is 12.7. The van der Waals surface area contributed by atoms with Crippen LogP contribution in [-0.4, -0.2) is 22.0 Å². The molecule has 148 valence electrons. The molecule has 0 unspecified atom stereocenters. The molecule has 0 atom stereocenters. The third-order valence-electron chi connectivity index (χ3n) is 4.86. The predicted molar refractivity (Wildman–Crippen MR) is 118 cm³/mol. The Labute approximate surface area is 178 Å². The number of rotatable bonds is 4. The van der Waals surface area contributed by atoms with E-state index in [2.05, 4.69) is 10.3 Å². The zero-order chi connectivity index (χ0) is 21.3. The molecule has 5 nitrogen and oxygen atoms in total. The molecule has 2 N–H and O–H groups in total. The maximum Gasteiger partial charge on any atom is 0.337 e. The van der Waals surface area contributed by atoms with Crippen molar-refractivity contribution in [1.82, 2.24) is 4.98 Å². The van der Waals surface area contributed by atoms with Gasteiger partial charge in [0.15, 0.2) is 0 Å². The maximum absolute atomic E-state index is 12.7. The van der Waals surface area contributed by atoms with Crippen molar-refractivity contribution in [3.63, 3.8) is 0 Å². The number of carboxylic acid groups (broad SMARTS) is 1. The molecule has 0 bridgehead atoms. The van der Waals surface area contributed by atoms with Crippen LogP contribution >= 0.6 is 11.6 Å². The highest BCUT2D eigenvalue weighted by atomic mass is 35.5. The quantitative estimate of drug-likeness (QED) is 0.439. The van der Waals surface area contributed by atoms with Crippen LogP contribution in [-0.2, 0) is 0 Å². The molecular formula is C24H17ClN2O3. The number of fused-ring (bicyclic) bond motifs is 1. The van der Waals surface area contributed by atoms with Crippen molar-refractivity contribution < 1.29 is 14.7 Å². The number of pyridine rings is 1. The number of halogens is 1. The van der Waals surface area contributed by atoms with Gasteiger partial charge in [0.2, 0.25) is 0 Å². The minimum absolute atomic E-state index is 0.0493. The number of para-hydroxylation sites is 1. The predicted octanol–water partition coefficient (Wildman–Crippen LogP) is 5.81. The molecule has 0 saturated heterocycles. The topological polar surface area (TPSA) is 79.3 Å². The first-order chi connectivity index (χ1) is 14.4. The third kappa shape index (κ3) is 3.75. The third-order valence-corrected chi connectivity index (χ3v) is 5.08. The molecule has 0 spiro atoms. The summed E-state index contributed by atoms with van der Waals surface area (Å²) in [6.07, 6.45) is 1.75. The largest absolute Gasteiger partial charge is 0.478 e. The Morgan fingerprint density at radius 2 is 1.73 bits per heavy atom. The molecule has 4 aromatic rings. The summed E-state index contributed by atoms with van der Waals surface area (Å²) in [6, 6.07) is 19.9. The highest BCUT2D eigenvalue weighted by Gasteiger charge is 2.17. The first-order valence-corrected chi connectivity index (χ1v) is 9.61. The Kier molecular flexibility index (Phi) is 5.21. The molecule has 6 heteroatoms. The second-order valence-electron chi connectivity index (χ2n) is 6.86. The number of anilines is 1. The molecule has 4 rings (SSSR count). The smallest absolute Gasteiger partial charge is 0.337 e. The molecule has 1 heterocycles. The summed E-state index contributed by atoms with van der Waals surface area (Å²) < 4.78 is 0. The fraction of sp³-hybridized carbons (Fsp3) is 0.0417. The molecule has 0 radical (unpaired) electrons. The van der Waals surface area contributed by atoms with Gasteiger partial charge >= 0.3 is 5.97 Å². The number of amides is 1. The van der Waals surface area contributed by atoms with Crippen molar-refractivity contribution in [3.05, 3.63) is 94.6 Å². The average molecular weight is 417 g/mol. The number of aromatic carboxylic acids is 1. The lowest BCUT2D eigenvalue weighted by Gasteiger charge is -2.13. The van der Waals surface area contributed by atoms with Gasteiger partial charge in [0.25, 0.3) is 5.91 Å². The van der Waals surface area contributed by atoms with Crippen LogP contribution in [0.5, 0.6) is 0 Å². The summed E-state index contributed by atoms with van der Waals surface area (Å²) in [7, 11) is 0. The van der Waals surface area contributed by atoms with E-state index >= 15 is 0 Å². The van der Waals surface area contributed by atoms with Crippen molar-refractivity contribution in [2.24, 2.45) is 0 Å². The number of benzene rings is 3. The lowest BCUT2D eigenvalue weighted by Crippen LogP contribution is -2.16. The van der Waals surface area contributed by atoms with E-state index < -0.39 is 11.9 Å². The van der Waals surface area contributed by atoms with Crippen LogP contribution in [0.15, 0.2) is 72.9 Å². The highest BCUT2D eigenvalue weighted by molar-refractivity contribution is 6.31. The Morgan fingerprint density at radius 1 is 1.00 bits per heavy atom. The fourth-order valence-corrected chi connectivity index (χ4v) is 3.67. The minimum Gasteiger partial charge on any atom is -0.478 e. The number of carbonyl (C=O) groups excluding carboxylic acids is 1. The second kappa shape index (κ2) is 7.97. The molecule has 0 fully saturated rings. The minimum atomic E-state index is -1.16. The summed E-state index contributed by atoms with van der Waals surface area (Å²) in [5, 5.41) is 13.5. The van der Waals surface area contributed by atoms with Gasteiger partial charge in [-0.3, -0.25) is 9.78 Å². The van der Waals surface area contributed by atoms with Gasteiger partial charge in [-0.2, -0.15) is 0 Å². The van der Waals surface area contributed by atoms with Gasteiger partial charge in [0.05, 0.1) is 16.8 Å². The Morgan fingerprint density at radius 3 is 2.47 bits per heavy atom. The molecule has 0 aliphatic carbocycles. The first-order valence-electron chi connectivity index (χ1n) is 9.23. The van der Waals surface area contributed by atoms with Crippen LogP contribution in [0, 0.1) is 6.92 Å². The molecule has 0 saturated carbocycles. The van der Waals surface area contributed by atoms with Crippen LogP contribution in [0.1, 0.15) is 26.3 Å². The van der Waals surface area contributed by atoms with Gasteiger partial charge in [-0.1, -0.05) is 48.0 Å². The molecule has 0 aliphatic rings. The molecule has 0 aliphatic heterocycles. The van der Waals surface area contributed by atoms with Crippen LogP contribution in [0.2, 0.25) is 5.02 Å². The summed E-state index contributed by atoms with van der Waals surface area (Å²) in [6.45, 7) is 1.70. The summed E-state index contributed by atoms with van der Waals surface area (Å²) in [5.41, 5.74) is 3.97. The number of hydrogen-bond acceptors (Lipinski definition) is 3. The van der Waals surface area contributed by atoms with E-state index in [1.807, 2.05) is 42.5 Å². The summed E-state index contributed by atoms with van der Waals surface area (Å²) in [4.78, 5) is 28.7. The summed E-state index contributed by atoms with van der Waals surface area (Å²) in [5.74, 6) is -1.56. The highest BCUT2D eigenvalue weighted by Crippen LogP contribution is 2.29. The van der Waals surface area contributed by atoms with Crippen LogP contribution < -0.4 is 5.32 Å². The second-order valence-corrected chi connectivity index (χ2v) is 7.30. The van der Waals surface area contributed by atoms with Gasteiger partial charge in [-0.05, 0) is 48.4 Å². The first kappa shape index (κ1) is 19.6. The average Bonchev–Trinajstić information content (AvgIpc) is 2.75. The van der Waals surface area contributed by atoms with Crippen LogP contribution in [0.3, 0.4) is 0 Å². The standard InChI is InChI=1S/C24H17ClN2O3/c1-14-12-18(25)13-20(24(29)30)21(14)27-23(28)17-9-7-15(8-10-17)19-6-2-4-16-5-3-11-26-22(16)19/h2-13H,1H3,(H,27,28)(H,29,30). The number of carbonyl (C=O) groups is 2. The van der Waals surface area contributed by atoms with Crippen LogP contribution in [0.4, 0.5) is 5.69 Å². The van der Waals surface area contributed by atoms with E-state index in [-0.39, 0.29) is 11.3 Å². The molecular weight excluding hydrogens is 400 g/mol. The van der Waals surface area contributed by atoms with E-state index in [9.17, 15) is 14.7 Å². The van der Waals surface area contributed by atoms with E-state index in [0.29, 0.717) is 16.1 Å². The van der Waals surface area contributed by atoms with Gasteiger partial charge in [-0.15, -0.1) is 0 Å². The molecule has 1 amide bonds. The zero-order valence-corrected chi connectivity index (χ0v) is 16.8. The van der Waals surface area contributed by atoms with Gasteiger partial charge < -0.3 is 10.4 Å². The van der Waals surface area contributed by atoms with Crippen molar-refractivity contribution in [3.8, 4) is 11.1 Å². The van der Waals surface area contributed by atoms with Crippen molar-refractivity contribution in [1.29, 1.82) is 0 Å². The van der Waals surface area contributed by atoms with Crippen molar-refractivity contribution in [2.75, 3.05) is 5.32 Å². The van der Waals surface area contributed by atoms with E-state index in [0.717, 1.165) is 22.0 Å². The van der Waals surface area contributed by atoms with Gasteiger partial charge in [0, 0.05) is 27.7 Å². The Bertz CT molecular complexity index is 1280. The number of nitrogens with one attached hydrogen (secondary N) is 1. The zero-order valence-electron chi connectivity index (χ0n) is 16.0. The van der Waals surface area contributed by atoms with Gasteiger partial charge in [0.1, 0.15) is 0 Å². The van der Waals surface area contributed by atoms with Crippen LogP contribution in [0.25, 0.3) is 22.0 Å². The number of hydrogen-bond donors (Lipinski definition) is 2. The Balaban J connectivity index is 1.64. The molecule has 30 heavy (non-hydrogen) atoms. The fourth-order valence-electron chi connectivity index (χ4n) is 3.40. The Hall–Kier alpha value is -3.70. The van der Waals surface area contributed by atoms with Crippen molar-refractivity contribution in [2.45, 2.75) is 6.92 Å². The van der Waals surface area contributed by atoms with E-state index in [4.69, 9.17) is 11.6 Å². The lowest BCUT2D eigenvalue weighted by molar-refractivity contribution is 0.0698. The summed E-state index contributed by atoms with van der Waals surface area (Å²) >= 11 is 5.96. The number of carboxylic acids is 1. The van der Waals surface area contributed by atoms with E-state index in [1.165, 1.54) is 6.07 Å². The molecule has 3 aromatic carbocycles. The SMILES string of the molecule is Cc1cc(Cl)cc(C(=O)O)c1NC(=O)c1ccc(-c2cccc3cccnc23)cc1. The molecule has 1 aromatic heterocycles. The van der Waals surface area contributed by atoms with Gasteiger partial charge in [-0.25, -0.2) is 4.79 Å². The number of nitrogens with zero attached hydrogens (tertiary/aromatic N) is 1. The number of aromatic nitrogens is 1. The lowest BCUT2D eigenvalue weighted by atomic mass is 10.0. The monoisotopic (exact) mass is 416 g/mol. The normalized spacial score (nSPS) is 10.7. The number of aryl methyl sites for hydroxylation is 1.